The van der Waals surface area contributed by atoms with Crippen LogP contribution in [0.25, 0.3) is 11.1 Å². The van der Waals surface area contributed by atoms with Gasteiger partial charge in [-0.3, -0.25) is 10.1 Å². The quantitative estimate of drug-likeness (QED) is 0.793. The maximum atomic E-state index is 11.8. The van der Waals surface area contributed by atoms with Gasteiger partial charge in [0.2, 0.25) is 5.91 Å². The molecule has 5 heteroatoms. The van der Waals surface area contributed by atoms with Crippen LogP contribution in [-0.4, -0.2) is 17.0 Å². The van der Waals surface area contributed by atoms with Gasteiger partial charge >= 0.3 is 0 Å². The van der Waals surface area contributed by atoms with Crippen molar-refractivity contribution in [2.75, 3.05) is 0 Å². The van der Waals surface area contributed by atoms with Gasteiger partial charge in [-0.25, -0.2) is 4.99 Å². The highest BCUT2D eigenvalue weighted by atomic mass is 16.3. The Balaban J connectivity index is 2.02. The molecule has 5 nitrogen and oxygen atoms in total. The molecule has 0 aliphatic carbocycles. The van der Waals surface area contributed by atoms with E-state index in [1.807, 2.05) is 43.3 Å². The zero-order valence-electron chi connectivity index (χ0n) is 12.2. The van der Waals surface area contributed by atoms with Crippen molar-refractivity contribution in [3.05, 3.63) is 54.1 Å². The molecule has 112 valence electrons. The molecule has 1 unspecified atom stereocenters. The predicted molar refractivity (Wildman–Crippen MR) is 85.3 cm³/mol. The molecular formula is C17H17N3O2. The van der Waals surface area contributed by atoms with Gasteiger partial charge in [0.05, 0.1) is 12.0 Å². The molecule has 1 aliphatic heterocycles. The first-order chi connectivity index (χ1) is 10.5. The molecule has 0 fully saturated rings. The standard InChI is InChI=1S/C17H17N3O2/c1-17(10-15(22)19-16(18)20-17)13-4-2-3-12(9-13)11-5-7-14(21)8-6-11/h2-9,21H,10H2,1H3,(H3,18,19,20,22). The number of nitrogens with one attached hydrogen (secondary N) is 1. The summed E-state index contributed by atoms with van der Waals surface area (Å²) >= 11 is 0. The summed E-state index contributed by atoms with van der Waals surface area (Å²) in [5, 5.41) is 11.9. The Labute approximate surface area is 128 Å². The van der Waals surface area contributed by atoms with E-state index in [4.69, 9.17) is 5.73 Å². The van der Waals surface area contributed by atoms with Crippen LogP contribution in [0, 0.1) is 0 Å². The molecule has 22 heavy (non-hydrogen) atoms. The number of amides is 1. The Kier molecular flexibility index (Phi) is 3.33. The first kappa shape index (κ1) is 14.1. The van der Waals surface area contributed by atoms with E-state index in [1.165, 1.54) is 0 Å². The van der Waals surface area contributed by atoms with Crippen molar-refractivity contribution in [2.45, 2.75) is 18.9 Å². The number of nitrogens with zero attached hydrogens (tertiary/aromatic N) is 1. The third kappa shape index (κ3) is 2.65. The van der Waals surface area contributed by atoms with Gasteiger partial charge in [0.1, 0.15) is 5.75 Å². The summed E-state index contributed by atoms with van der Waals surface area (Å²) in [6.07, 6.45) is 0.257. The molecule has 3 rings (SSSR count). The first-order valence-electron chi connectivity index (χ1n) is 7.01. The second-order valence-electron chi connectivity index (χ2n) is 5.62. The normalized spacial score (nSPS) is 21.1. The molecular weight excluding hydrogens is 278 g/mol. The number of guanidine groups is 1. The van der Waals surface area contributed by atoms with E-state index < -0.39 is 5.54 Å². The van der Waals surface area contributed by atoms with Crippen LogP contribution in [0.3, 0.4) is 0 Å². The second kappa shape index (κ2) is 5.18. The zero-order valence-corrected chi connectivity index (χ0v) is 12.2. The Bertz CT molecular complexity index is 753. The third-order valence-corrected chi connectivity index (χ3v) is 3.82. The van der Waals surface area contributed by atoms with E-state index in [0.29, 0.717) is 0 Å². The zero-order chi connectivity index (χ0) is 15.7. The lowest BCUT2D eigenvalue weighted by Crippen LogP contribution is -2.46. The number of benzene rings is 2. The number of phenolic OH excluding ortho intramolecular Hbond substituents is 1. The Hall–Kier alpha value is -2.82. The van der Waals surface area contributed by atoms with Crippen molar-refractivity contribution in [3.8, 4) is 16.9 Å². The average molecular weight is 295 g/mol. The van der Waals surface area contributed by atoms with Crippen molar-refractivity contribution in [1.29, 1.82) is 0 Å². The number of aromatic hydroxyl groups is 1. The van der Waals surface area contributed by atoms with Crippen LogP contribution in [0.5, 0.6) is 5.75 Å². The van der Waals surface area contributed by atoms with Crippen LogP contribution in [0.15, 0.2) is 53.5 Å². The number of hydrogen-bond acceptors (Lipinski definition) is 4. The van der Waals surface area contributed by atoms with Crippen LogP contribution in [0.2, 0.25) is 0 Å². The molecule has 2 aromatic carbocycles. The van der Waals surface area contributed by atoms with Gasteiger partial charge in [-0.15, -0.1) is 0 Å². The molecule has 1 heterocycles. The first-order valence-corrected chi connectivity index (χ1v) is 7.01. The minimum atomic E-state index is -0.667. The molecule has 1 aliphatic rings. The highest BCUT2D eigenvalue weighted by Gasteiger charge is 2.33. The maximum Gasteiger partial charge on any atom is 0.229 e. The maximum absolute atomic E-state index is 11.8. The van der Waals surface area contributed by atoms with Gasteiger partial charge in [-0.2, -0.15) is 0 Å². The molecule has 0 bridgehead atoms. The highest BCUT2D eigenvalue weighted by molar-refractivity contribution is 5.99. The number of rotatable bonds is 2. The van der Waals surface area contributed by atoms with Crippen molar-refractivity contribution >= 4 is 11.9 Å². The number of carbonyl (C=O) groups is 1. The summed E-state index contributed by atoms with van der Waals surface area (Å²) in [4.78, 5) is 16.2. The van der Waals surface area contributed by atoms with Crippen LogP contribution >= 0.6 is 0 Å². The third-order valence-electron chi connectivity index (χ3n) is 3.82. The van der Waals surface area contributed by atoms with Crippen molar-refractivity contribution in [2.24, 2.45) is 10.7 Å². The molecule has 0 saturated carbocycles. The van der Waals surface area contributed by atoms with Crippen molar-refractivity contribution < 1.29 is 9.90 Å². The van der Waals surface area contributed by atoms with Gasteiger partial charge in [0.25, 0.3) is 0 Å². The largest absolute Gasteiger partial charge is 0.508 e. The molecule has 0 spiro atoms. The highest BCUT2D eigenvalue weighted by Crippen LogP contribution is 2.33. The summed E-state index contributed by atoms with van der Waals surface area (Å²) in [7, 11) is 0. The summed E-state index contributed by atoms with van der Waals surface area (Å²) in [5.41, 5.74) is 7.94. The number of carbonyl (C=O) groups excluding carboxylic acids is 1. The van der Waals surface area contributed by atoms with Gasteiger partial charge < -0.3 is 10.8 Å². The smallest absolute Gasteiger partial charge is 0.229 e. The molecule has 2 aromatic rings. The SMILES string of the molecule is CC1(c2cccc(-c3ccc(O)cc3)c2)CC(=O)NC(N)=N1. The van der Waals surface area contributed by atoms with Crippen LogP contribution in [0.4, 0.5) is 0 Å². The monoisotopic (exact) mass is 295 g/mol. The number of hydrogen-bond donors (Lipinski definition) is 3. The Morgan fingerprint density at radius 3 is 2.59 bits per heavy atom. The number of aliphatic imine (C=N–C) groups is 1. The molecule has 4 N–H and O–H groups in total. The minimum Gasteiger partial charge on any atom is -0.508 e. The number of phenols is 1. The molecule has 1 atom stereocenters. The molecule has 0 radical (unpaired) electrons. The molecule has 0 aromatic heterocycles. The lowest BCUT2D eigenvalue weighted by molar-refractivity contribution is -0.121. The molecule has 1 amide bonds. The van der Waals surface area contributed by atoms with E-state index in [0.717, 1.165) is 16.7 Å². The van der Waals surface area contributed by atoms with Gasteiger partial charge in [0, 0.05) is 0 Å². The second-order valence-corrected chi connectivity index (χ2v) is 5.62. The topological polar surface area (TPSA) is 87.7 Å². The van der Waals surface area contributed by atoms with E-state index in [2.05, 4.69) is 10.3 Å². The average Bonchev–Trinajstić information content (AvgIpc) is 2.47. The van der Waals surface area contributed by atoms with Gasteiger partial charge in [0.15, 0.2) is 5.96 Å². The van der Waals surface area contributed by atoms with Gasteiger partial charge in [-0.1, -0.05) is 30.3 Å². The van der Waals surface area contributed by atoms with E-state index in [9.17, 15) is 9.90 Å². The fourth-order valence-electron chi connectivity index (χ4n) is 2.69. The van der Waals surface area contributed by atoms with Crippen molar-refractivity contribution in [1.82, 2.24) is 5.32 Å². The van der Waals surface area contributed by atoms with Crippen LogP contribution in [-0.2, 0) is 10.3 Å². The lowest BCUT2D eigenvalue weighted by Gasteiger charge is -2.30. The molecule has 0 saturated heterocycles. The fraction of sp³-hybridized carbons (Fsp3) is 0.176. The van der Waals surface area contributed by atoms with E-state index in [1.54, 1.807) is 12.1 Å². The summed E-state index contributed by atoms with van der Waals surface area (Å²) in [6, 6.07) is 14.9. The van der Waals surface area contributed by atoms with Crippen LogP contribution < -0.4 is 11.1 Å². The fourth-order valence-corrected chi connectivity index (χ4v) is 2.69. The Morgan fingerprint density at radius 2 is 1.91 bits per heavy atom. The van der Waals surface area contributed by atoms with Crippen molar-refractivity contribution in [3.63, 3.8) is 0 Å². The van der Waals surface area contributed by atoms with E-state index in [-0.39, 0.29) is 24.0 Å². The summed E-state index contributed by atoms with van der Waals surface area (Å²) in [5.74, 6) is 0.243. The van der Waals surface area contributed by atoms with Gasteiger partial charge in [-0.05, 0) is 41.8 Å². The number of nitrogens with two attached hydrogens (primary N) is 1. The summed E-state index contributed by atoms with van der Waals surface area (Å²) < 4.78 is 0. The predicted octanol–water partition coefficient (Wildman–Crippen LogP) is 2.11. The van der Waals surface area contributed by atoms with E-state index >= 15 is 0 Å². The summed E-state index contributed by atoms with van der Waals surface area (Å²) in [6.45, 7) is 1.90. The van der Waals surface area contributed by atoms with Crippen LogP contribution in [0.1, 0.15) is 18.9 Å². The Morgan fingerprint density at radius 1 is 1.18 bits per heavy atom. The minimum absolute atomic E-state index is 0.134. The lowest BCUT2D eigenvalue weighted by atomic mass is 9.86.